The summed E-state index contributed by atoms with van der Waals surface area (Å²) in [5.74, 6) is -2.55. The number of nitrogens with one attached hydrogen (secondary N) is 1. The molecule has 10 heteroatoms. The van der Waals surface area contributed by atoms with Gasteiger partial charge in [-0.1, -0.05) is 49.2 Å². The number of ketones is 1. The minimum absolute atomic E-state index is 0.0422. The van der Waals surface area contributed by atoms with E-state index < -0.39 is 18.0 Å². The van der Waals surface area contributed by atoms with Gasteiger partial charge < -0.3 is 14.9 Å². The van der Waals surface area contributed by atoms with Crippen molar-refractivity contribution in [2.24, 2.45) is 0 Å². The third kappa shape index (κ3) is 7.40. The zero-order chi connectivity index (χ0) is 25.4. The average molecular weight is 489 g/mol. The summed E-state index contributed by atoms with van der Waals surface area (Å²) in [6.45, 7) is 2.08. The lowest BCUT2D eigenvalue weighted by Gasteiger charge is -2.21. The van der Waals surface area contributed by atoms with E-state index in [0.717, 1.165) is 30.5 Å². The van der Waals surface area contributed by atoms with Crippen LogP contribution in [0.25, 0.3) is 11.4 Å². The number of halogens is 3. The van der Waals surface area contributed by atoms with Crippen molar-refractivity contribution in [3.8, 4) is 11.4 Å². The van der Waals surface area contributed by atoms with E-state index in [1.54, 1.807) is 36.4 Å². The van der Waals surface area contributed by atoms with Crippen molar-refractivity contribution in [3.05, 3.63) is 65.5 Å². The molecule has 1 aromatic heterocycles. The summed E-state index contributed by atoms with van der Waals surface area (Å²) < 4.78 is 42.5. The second kappa shape index (κ2) is 11.6. The van der Waals surface area contributed by atoms with Gasteiger partial charge in [-0.05, 0) is 42.7 Å². The number of carbonyl (C=O) groups is 2. The number of carbonyl (C=O) groups excluding carboxylic acids is 1. The highest BCUT2D eigenvalue weighted by Gasteiger charge is 2.38. The predicted molar refractivity (Wildman–Crippen MR) is 123 cm³/mol. The topological polar surface area (TPSA) is 105 Å². The number of aromatic nitrogens is 2. The molecule has 0 amide bonds. The number of carboxylic acid groups (broad SMARTS) is 1. The molecule has 0 saturated heterocycles. The van der Waals surface area contributed by atoms with E-state index in [2.05, 4.69) is 26.9 Å². The summed E-state index contributed by atoms with van der Waals surface area (Å²) in [5, 5.41) is 15.6. The molecule has 0 aliphatic heterocycles. The molecule has 3 aromatic rings. The van der Waals surface area contributed by atoms with Crippen LogP contribution in [0.5, 0.6) is 0 Å². The lowest BCUT2D eigenvalue weighted by atomic mass is 9.99. The van der Waals surface area contributed by atoms with E-state index in [9.17, 15) is 22.8 Å². The van der Waals surface area contributed by atoms with Crippen molar-refractivity contribution in [2.45, 2.75) is 57.7 Å². The van der Waals surface area contributed by atoms with Crippen LogP contribution in [0.2, 0.25) is 0 Å². The van der Waals surface area contributed by atoms with Gasteiger partial charge in [0, 0.05) is 29.7 Å². The molecule has 7 nitrogen and oxygen atoms in total. The van der Waals surface area contributed by atoms with Crippen molar-refractivity contribution in [1.29, 1.82) is 0 Å². The number of carboxylic acids is 1. The summed E-state index contributed by atoms with van der Waals surface area (Å²) in [7, 11) is 0. The molecule has 1 heterocycles. The monoisotopic (exact) mass is 489 g/mol. The Kier molecular flexibility index (Phi) is 8.62. The maximum Gasteiger partial charge on any atom is 0.471 e. The number of anilines is 1. The second-order valence-electron chi connectivity index (χ2n) is 8.13. The quantitative estimate of drug-likeness (QED) is 0.278. The van der Waals surface area contributed by atoms with E-state index in [-0.39, 0.29) is 30.5 Å². The number of hydrogen-bond donors (Lipinski definition) is 2. The van der Waals surface area contributed by atoms with Crippen LogP contribution in [0.1, 0.15) is 73.3 Å². The Morgan fingerprint density at radius 3 is 2.29 bits per heavy atom. The van der Waals surface area contributed by atoms with Crippen LogP contribution in [-0.4, -0.2) is 27.0 Å². The Labute approximate surface area is 200 Å². The number of alkyl halides is 3. The highest BCUT2D eigenvalue weighted by molar-refractivity contribution is 5.96. The maximum absolute atomic E-state index is 12.7. The average Bonchev–Trinajstić information content (AvgIpc) is 3.33. The molecule has 0 fully saturated rings. The SMILES string of the molecule is CCCC[C@H](Nc1ccc(C(=O)CCCC(=O)O)cc1)c1ccc(-c2noc(C(F)(F)F)n2)cc1. The van der Waals surface area contributed by atoms with Crippen LogP contribution in [0.3, 0.4) is 0 Å². The largest absolute Gasteiger partial charge is 0.481 e. The normalized spacial score (nSPS) is 12.3. The standard InChI is InChI=1S/C25H26F3N3O4/c1-2-3-5-20(29-19-14-12-17(13-15-19)21(32)6-4-7-22(33)34)16-8-10-18(11-9-16)23-30-24(35-31-23)25(26,27)28/h8-15,20,29H,2-7H2,1H3,(H,33,34)/t20-/m0/s1. The van der Waals surface area contributed by atoms with Gasteiger partial charge in [-0.2, -0.15) is 18.2 Å². The minimum atomic E-state index is -4.70. The van der Waals surface area contributed by atoms with Gasteiger partial charge in [0.15, 0.2) is 5.78 Å². The fourth-order valence-corrected chi connectivity index (χ4v) is 3.55. The Morgan fingerprint density at radius 1 is 1.03 bits per heavy atom. The van der Waals surface area contributed by atoms with Crippen molar-refractivity contribution >= 4 is 17.4 Å². The van der Waals surface area contributed by atoms with Gasteiger partial charge in [-0.25, -0.2) is 0 Å². The number of benzene rings is 2. The van der Waals surface area contributed by atoms with Crippen LogP contribution in [0, 0.1) is 0 Å². The first-order chi connectivity index (χ1) is 16.7. The van der Waals surface area contributed by atoms with Crippen LogP contribution in [-0.2, 0) is 11.0 Å². The molecule has 0 unspecified atom stereocenters. The molecular formula is C25H26F3N3O4. The van der Waals surface area contributed by atoms with Crippen LogP contribution in [0.4, 0.5) is 18.9 Å². The number of unbranched alkanes of at least 4 members (excludes halogenated alkanes) is 1. The molecule has 1 atom stereocenters. The smallest absolute Gasteiger partial charge is 0.471 e. The van der Waals surface area contributed by atoms with Gasteiger partial charge in [0.05, 0.1) is 6.04 Å². The first-order valence-electron chi connectivity index (χ1n) is 11.3. The van der Waals surface area contributed by atoms with Gasteiger partial charge in [-0.15, -0.1) is 0 Å². The number of rotatable bonds is 12. The van der Waals surface area contributed by atoms with Crippen molar-refractivity contribution in [3.63, 3.8) is 0 Å². The number of aliphatic carboxylic acids is 1. The fraction of sp³-hybridized carbons (Fsp3) is 0.360. The molecular weight excluding hydrogens is 463 g/mol. The van der Waals surface area contributed by atoms with Crippen molar-refractivity contribution in [1.82, 2.24) is 10.1 Å². The summed E-state index contributed by atoms with van der Waals surface area (Å²) >= 11 is 0. The molecule has 35 heavy (non-hydrogen) atoms. The zero-order valence-corrected chi connectivity index (χ0v) is 19.1. The van der Waals surface area contributed by atoms with Crippen molar-refractivity contribution in [2.75, 3.05) is 5.32 Å². The maximum atomic E-state index is 12.7. The van der Waals surface area contributed by atoms with Gasteiger partial charge in [-0.3, -0.25) is 9.59 Å². The van der Waals surface area contributed by atoms with Crippen LogP contribution >= 0.6 is 0 Å². The van der Waals surface area contributed by atoms with Crippen LogP contribution < -0.4 is 5.32 Å². The summed E-state index contributed by atoms with van der Waals surface area (Å²) in [6.07, 6.45) is -1.49. The van der Waals surface area contributed by atoms with Gasteiger partial charge in [0.25, 0.3) is 0 Å². The second-order valence-corrected chi connectivity index (χ2v) is 8.13. The predicted octanol–water partition coefficient (Wildman–Crippen LogP) is 6.54. The number of Topliss-reactive ketones (excluding diaryl/α,β-unsaturated/α-hetero) is 1. The van der Waals surface area contributed by atoms with E-state index in [4.69, 9.17) is 5.11 Å². The Hall–Kier alpha value is -3.69. The zero-order valence-electron chi connectivity index (χ0n) is 19.1. The Morgan fingerprint density at radius 2 is 1.71 bits per heavy atom. The minimum Gasteiger partial charge on any atom is -0.481 e. The molecule has 186 valence electrons. The van der Waals surface area contributed by atoms with Crippen LogP contribution in [0.15, 0.2) is 53.1 Å². The third-order valence-corrected chi connectivity index (χ3v) is 5.43. The molecule has 0 bridgehead atoms. The number of hydrogen-bond acceptors (Lipinski definition) is 6. The number of nitrogens with zero attached hydrogens (tertiary/aromatic N) is 2. The molecule has 0 aliphatic carbocycles. The fourth-order valence-electron chi connectivity index (χ4n) is 3.55. The van der Waals surface area contributed by atoms with Gasteiger partial charge in [0.1, 0.15) is 0 Å². The molecule has 0 saturated carbocycles. The Balaban J connectivity index is 1.69. The summed E-state index contributed by atoms with van der Waals surface area (Å²) in [6, 6.07) is 13.9. The Bertz CT molecular complexity index is 1130. The highest BCUT2D eigenvalue weighted by Crippen LogP contribution is 2.31. The van der Waals surface area contributed by atoms with E-state index in [0.29, 0.717) is 17.5 Å². The first kappa shape index (κ1) is 25.9. The first-order valence-corrected chi connectivity index (χ1v) is 11.3. The van der Waals surface area contributed by atoms with Gasteiger partial charge >= 0.3 is 18.0 Å². The molecule has 0 radical (unpaired) electrons. The van der Waals surface area contributed by atoms with E-state index in [1.807, 2.05) is 12.1 Å². The van der Waals surface area contributed by atoms with E-state index >= 15 is 0 Å². The molecule has 3 rings (SSSR count). The summed E-state index contributed by atoms with van der Waals surface area (Å²) in [5.41, 5.74) is 2.68. The molecule has 2 N–H and O–H groups in total. The summed E-state index contributed by atoms with van der Waals surface area (Å²) in [4.78, 5) is 26.3. The molecule has 2 aromatic carbocycles. The lowest BCUT2D eigenvalue weighted by Crippen LogP contribution is -2.11. The third-order valence-electron chi connectivity index (χ3n) is 5.43. The van der Waals surface area contributed by atoms with E-state index in [1.165, 1.54) is 0 Å². The van der Waals surface area contributed by atoms with Gasteiger partial charge in [0.2, 0.25) is 5.82 Å². The van der Waals surface area contributed by atoms with Crippen molar-refractivity contribution < 1.29 is 32.4 Å². The molecule has 0 aliphatic rings. The lowest BCUT2D eigenvalue weighted by molar-refractivity contribution is -0.159. The highest BCUT2D eigenvalue weighted by atomic mass is 19.4. The molecule has 0 spiro atoms.